The molecule has 2 aromatic carbocycles. The summed E-state index contributed by atoms with van der Waals surface area (Å²) in [6.45, 7) is 10.9. The number of nitriles is 1. The van der Waals surface area contributed by atoms with Gasteiger partial charge in [-0.1, -0.05) is 47.1 Å². The van der Waals surface area contributed by atoms with E-state index in [0.717, 1.165) is 42.0 Å². The third-order valence-corrected chi connectivity index (χ3v) is 6.16. The molecule has 4 nitrogen and oxygen atoms in total. The Labute approximate surface area is 197 Å². The fourth-order valence-electron chi connectivity index (χ4n) is 3.81. The number of aliphatic hydroxyl groups excluding tert-OH is 1. The summed E-state index contributed by atoms with van der Waals surface area (Å²) in [6.07, 6.45) is 2.90. The molecule has 178 valence electrons. The van der Waals surface area contributed by atoms with Crippen molar-refractivity contribution in [3.05, 3.63) is 64.7 Å². The number of ether oxygens (including phenoxy) is 2. The normalized spacial score (nSPS) is 13.9. The molecule has 33 heavy (non-hydrogen) atoms. The summed E-state index contributed by atoms with van der Waals surface area (Å²) < 4.78 is 25.6. The van der Waals surface area contributed by atoms with Gasteiger partial charge >= 0.3 is 0 Å². The van der Waals surface area contributed by atoms with Crippen molar-refractivity contribution in [2.45, 2.75) is 53.9 Å². The first-order valence-corrected chi connectivity index (χ1v) is 11.6. The van der Waals surface area contributed by atoms with Crippen molar-refractivity contribution in [3.8, 4) is 17.6 Å². The van der Waals surface area contributed by atoms with Gasteiger partial charge in [0.1, 0.15) is 11.5 Å². The number of aryl methyl sites for hydroxylation is 1. The highest BCUT2D eigenvalue weighted by Gasteiger charge is 2.22. The van der Waals surface area contributed by atoms with Gasteiger partial charge in [0.25, 0.3) is 0 Å². The third kappa shape index (κ3) is 7.07. The van der Waals surface area contributed by atoms with E-state index in [9.17, 15) is 9.50 Å². The SMILES string of the molecule is CCc1ccc(Oc2ccc(C#N)cc2F)cc1/C(COC)=C(\O)C(C)[C@@H](C)CCC(C)C. The average Bonchev–Trinajstić information content (AvgIpc) is 2.81. The van der Waals surface area contributed by atoms with Crippen molar-refractivity contribution in [1.29, 1.82) is 5.26 Å². The van der Waals surface area contributed by atoms with Crippen molar-refractivity contribution in [2.75, 3.05) is 13.7 Å². The highest BCUT2D eigenvalue weighted by Crippen LogP contribution is 2.34. The second kappa shape index (κ2) is 12.4. The standard InChI is InChI=1S/C28H36FNO3/c1-7-22-11-12-23(33-27-13-10-21(16-30)14-26(27)29)15-24(22)25(17-32-6)28(31)20(5)19(4)9-8-18(2)3/h10-15,18-20,31H,7-9,17H2,1-6H3/b28-25-/t19-,20?/m0/s1. The van der Waals surface area contributed by atoms with Gasteiger partial charge in [-0.3, -0.25) is 0 Å². The molecule has 0 heterocycles. The van der Waals surface area contributed by atoms with Gasteiger partial charge in [0, 0.05) is 18.6 Å². The lowest BCUT2D eigenvalue weighted by atomic mass is 9.85. The largest absolute Gasteiger partial charge is 0.512 e. The number of nitrogens with zero attached hydrogens (tertiary/aromatic N) is 1. The van der Waals surface area contributed by atoms with Crippen LogP contribution in [0.15, 0.2) is 42.2 Å². The summed E-state index contributed by atoms with van der Waals surface area (Å²) in [4.78, 5) is 0. The molecule has 2 atom stereocenters. The lowest BCUT2D eigenvalue weighted by Crippen LogP contribution is -2.15. The second-order valence-corrected chi connectivity index (χ2v) is 9.07. The molecule has 0 saturated carbocycles. The molecule has 0 radical (unpaired) electrons. The highest BCUT2D eigenvalue weighted by atomic mass is 19.1. The van der Waals surface area contributed by atoms with Gasteiger partial charge in [-0.15, -0.1) is 0 Å². The Balaban J connectivity index is 2.45. The smallest absolute Gasteiger partial charge is 0.167 e. The Bertz CT molecular complexity index is 1010. The summed E-state index contributed by atoms with van der Waals surface area (Å²) in [5.41, 5.74) is 2.84. The molecular formula is C28H36FNO3. The van der Waals surface area contributed by atoms with Gasteiger partial charge in [-0.05, 0) is 66.1 Å². The number of benzene rings is 2. The quantitative estimate of drug-likeness (QED) is 0.354. The Kier molecular flexibility index (Phi) is 9.94. The molecule has 0 aliphatic heterocycles. The topological polar surface area (TPSA) is 62.5 Å². The predicted molar refractivity (Wildman–Crippen MR) is 131 cm³/mol. The molecule has 5 heteroatoms. The Morgan fingerprint density at radius 2 is 1.82 bits per heavy atom. The minimum Gasteiger partial charge on any atom is -0.512 e. The van der Waals surface area contributed by atoms with E-state index in [4.69, 9.17) is 14.7 Å². The van der Waals surface area contributed by atoms with E-state index in [0.29, 0.717) is 23.3 Å². The zero-order chi connectivity index (χ0) is 24.5. The number of allylic oxidation sites excluding steroid dienone is 1. The van der Waals surface area contributed by atoms with Gasteiger partial charge in [0.15, 0.2) is 11.6 Å². The molecule has 2 aromatic rings. The summed E-state index contributed by atoms with van der Waals surface area (Å²) in [5.74, 6) is 1.12. The molecule has 0 amide bonds. The summed E-state index contributed by atoms with van der Waals surface area (Å²) in [7, 11) is 1.61. The van der Waals surface area contributed by atoms with Crippen LogP contribution in [-0.4, -0.2) is 18.8 Å². The predicted octanol–water partition coefficient (Wildman–Crippen LogP) is 7.68. The first kappa shape index (κ1) is 26.4. The van der Waals surface area contributed by atoms with Gasteiger partial charge in [0.05, 0.1) is 18.2 Å². The van der Waals surface area contributed by atoms with Crippen LogP contribution in [0.4, 0.5) is 4.39 Å². The number of methoxy groups -OCH3 is 1. The molecule has 2 rings (SSSR count). The summed E-state index contributed by atoms with van der Waals surface area (Å²) >= 11 is 0. The molecule has 0 aromatic heterocycles. The van der Waals surface area contributed by atoms with Crippen molar-refractivity contribution < 1.29 is 19.0 Å². The number of hydrogen-bond acceptors (Lipinski definition) is 4. The average molecular weight is 454 g/mol. The van der Waals surface area contributed by atoms with Gasteiger partial charge in [-0.25, -0.2) is 4.39 Å². The van der Waals surface area contributed by atoms with E-state index in [1.165, 1.54) is 12.1 Å². The molecule has 0 saturated heterocycles. The van der Waals surface area contributed by atoms with E-state index in [2.05, 4.69) is 27.7 Å². The number of halogens is 1. The molecule has 0 aliphatic rings. The van der Waals surface area contributed by atoms with Crippen LogP contribution in [0.3, 0.4) is 0 Å². The molecule has 0 spiro atoms. The lowest BCUT2D eigenvalue weighted by molar-refractivity contribution is 0.227. The molecule has 1 unspecified atom stereocenters. The van der Waals surface area contributed by atoms with E-state index in [1.54, 1.807) is 13.2 Å². The van der Waals surface area contributed by atoms with E-state index in [-0.39, 0.29) is 23.8 Å². The fraction of sp³-hybridized carbons (Fsp3) is 0.464. The maximum Gasteiger partial charge on any atom is 0.167 e. The Morgan fingerprint density at radius 1 is 1.09 bits per heavy atom. The van der Waals surface area contributed by atoms with Gasteiger partial charge in [0.2, 0.25) is 0 Å². The number of hydrogen-bond donors (Lipinski definition) is 1. The van der Waals surface area contributed by atoms with Crippen LogP contribution in [0.5, 0.6) is 11.5 Å². The molecule has 0 fully saturated rings. The van der Waals surface area contributed by atoms with E-state index < -0.39 is 5.82 Å². The number of rotatable bonds is 11. The van der Waals surface area contributed by atoms with Crippen LogP contribution < -0.4 is 4.74 Å². The molecule has 0 bridgehead atoms. The van der Waals surface area contributed by atoms with E-state index >= 15 is 0 Å². The maximum absolute atomic E-state index is 14.4. The second-order valence-electron chi connectivity index (χ2n) is 9.07. The van der Waals surface area contributed by atoms with Gasteiger partial charge in [-0.2, -0.15) is 5.26 Å². The van der Waals surface area contributed by atoms with Crippen LogP contribution in [-0.2, 0) is 11.2 Å². The zero-order valence-electron chi connectivity index (χ0n) is 20.6. The summed E-state index contributed by atoms with van der Waals surface area (Å²) in [6, 6.07) is 11.6. The van der Waals surface area contributed by atoms with Crippen molar-refractivity contribution in [1.82, 2.24) is 0 Å². The van der Waals surface area contributed by atoms with Crippen molar-refractivity contribution in [3.63, 3.8) is 0 Å². The van der Waals surface area contributed by atoms with E-state index in [1.807, 2.05) is 25.1 Å². The van der Waals surface area contributed by atoms with Crippen LogP contribution in [0, 0.1) is 34.9 Å². The van der Waals surface area contributed by atoms with Crippen LogP contribution in [0.2, 0.25) is 0 Å². The Morgan fingerprint density at radius 3 is 2.39 bits per heavy atom. The zero-order valence-corrected chi connectivity index (χ0v) is 20.6. The third-order valence-electron chi connectivity index (χ3n) is 6.16. The molecule has 1 N–H and O–H groups in total. The van der Waals surface area contributed by atoms with Crippen molar-refractivity contribution in [2.24, 2.45) is 17.8 Å². The fourth-order valence-corrected chi connectivity index (χ4v) is 3.81. The molecular weight excluding hydrogens is 417 g/mol. The van der Waals surface area contributed by atoms with Crippen LogP contribution in [0.25, 0.3) is 5.57 Å². The summed E-state index contributed by atoms with van der Waals surface area (Å²) in [5, 5.41) is 20.2. The lowest BCUT2D eigenvalue weighted by Gasteiger charge is -2.24. The van der Waals surface area contributed by atoms with Crippen LogP contribution in [0.1, 0.15) is 64.2 Å². The minimum absolute atomic E-state index is 0.0286. The first-order valence-electron chi connectivity index (χ1n) is 11.6. The Hall–Kier alpha value is -2.84. The minimum atomic E-state index is -0.599. The van der Waals surface area contributed by atoms with Crippen molar-refractivity contribution >= 4 is 5.57 Å². The monoisotopic (exact) mass is 453 g/mol. The van der Waals surface area contributed by atoms with Gasteiger partial charge < -0.3 is 14.6 Å². The molecule has 0 aliphatic carbocycles. The number of aliphatic hydroxyl groups is 1. The maximum atomic E-state index is 14.4. The first-order chi connectivity index (χ1) is 15.7. The van der Waals surface area contributed by atoms with Crippen LogP contribution >= 0.6 is 0 Å². The highest BCUT2D eigenvalue weighted by molar-refractivity contribution is 5.72.